The number of hydrogen-bond donors (Lipinski definition) is 3. The average molecular weight is 471 g/mol. The number of hydrogen-bond acceptors (Lipinski definition) is 6. The number of anilines is 1. The van der Waals surface area contributed by atoms with Gasteiger partial charge in [-0.2, -0.15) is 0 Å². The molecule has 2 atom stereocenters. The van der Waals surface area contributed by atoms with Crippen molar-refractivity contribution in [3.05, 3.63) is 51.4 Å². The standard InChI is InChI=1S/C25H30N2O5S/c28-21(11-15-9-16-5-1-2-6-17(16)10-15)26-13-18-12-19-20(14-32-18)33-24(23(19)25(29)30)27-22-7-3-4-8-31-22/h1-2,5-6,15,18,22,27H,3-4,7-14H2,(H,26,28)(H,29,30). The van der Waals surface area contributed by atoms with Gasteiger partial charge in [-0.3, -0.25) is 4.79 Å². The highest BCUT2D eigenvalue weighted by molar-refractivity contribution is 7.16. The molecule has 1 aliphatic carbocycles. The van der Waals surface area contributed by atoms with Crippen LogP contribution in [0.5, 0.6) is 0 Å². The Labute approximate surface area is 197 Å². The van der Waals surface area contributed by atoms with Crippen molar-refractivity contribution in [3.8, 4) is 0 Å². The smallest absolute Gasteiger partial charge is 0.338 e. The van der Waals surface area contributed by atoms with Crippen LogP contribution >= 0.6 is 11.3 Å². The summed E-state index contributed by atoms with van der Waals surface area (Å²) in [6.07, 6.45) is 5.50. The summed E-state index contributed by atoms with van der Waals surface area (Å²) in [5.41, 5.74) is 3.84. The summed E-state index contributed by atoms with van der Waals surface area (Å²) < 4.78 is 11.7. The molecule has 33 heavy (non-hydrogen) atoms. The number of nitrogens with one attached hydrogen (secondary N) is 2. The minimum Gasteiger partial charge on any atom is -0.478 e. The second-order valence-electron chi connectivity index (χ2n) is 9.20. The third kappa shape index (κ3) is 5.08. The highest BCUT2D eigenvalue weighted by Gasteiger charge is 2.31. The molecule has 2 unspecified atom stereocenters. The molecular formula is C25H30N2O5S. The maximum atomic E-state index is 12.6. The van der Waals surface area contributed by atoms with Crippen molar-refractivity contribution < 1.29 is 24.2 Å². The SMILES string of the molecule is O=C(CC1Cc2ccccc2C1)NCC1Cc2c(sc(NC3CCCCO3)c2C(=O)O)CO1. The Bertz CT molecular complexity index is 1000. The van der Waals surface area contributed by atoms with Crippen LogP contribution in [0.1, 0.15) is 57.6 Å². The van der Waals surface area contributed by atoms with Crippen molar-refractivity contribution in [2.24, 2.45) is 5.92 Å². The van der Waals surface area contributed by atoms with Crippen molar-refractivity contribution in [3.63, 3.8) is 0 Å². The molecule has 5 rings (SSSR count). The first-order chi connectivity index (χ1) is 16.1. The molecule has 176 valence electrons. The molecule has 1 saturated heterocycles. The zero-order valence-electron chi connectivity index (χ0n) is 18.6. The molecule has 3 heterocycles. The number of benzene rings is 1. The maximum Gasteiger partial charge on any atom is 0.338 e. The fourth-order valence-corrected chi connectivity index (χ4v) is 6.33. The Kier molecular flexibility index (Phi) is 6.66. The molecule has 7 nitrogen and oxygen atoms in total. The monoisotopic (exact) mass is 470 g/mol. The first-order valence-corrected chi connectivity index (χ1v) is 12.6. The van der Waals surface area contributed by atoms with Crippen LogP contribution in [0.25, 0.3) is 0 Å². The fraction of sp³-hybridized carbons (Fsp3) is 0.520. The maximum absolute atomic E-state index is 12.6. The number of fused-ring (bicyclic) bond motifs is 2. The van der Waals surface area contributed by atoms with Crippen molar-refractivity contribution in [2.45, 2.75) is 63.9 Å². The van der Waals surface area contributed by atoms with E-state index in [0.29, 0.717) is 49.1 Å². The summed E-state index contributed by atoms with van der Waals surface area (Å²) >= 11 is 1.44. The lowest BCUT2D eigenvalue weighted by Gasteiger charge is -2.24. The summed E-state index contributed by atoms with van der Waals surface area (Å²) in [6, 6.07) is 8.39. The molecule has 0 spiro atoms. The van der Waals surface area contributed by atoms with Crippen LogP contribution in [-0.2, 0) is 40.1 Å². The van der Waals surface area contributed by atoms with Gasteiger partial charge in [-0.15, -0.1) is 11.3 Å². The minimum absolute atomic E-state index is 0.0304. The quantitative estimate of drug-likeness (QED) is 0.570. The largest absolute Gasteiger partial charge is 0.478 e. The molecule has 0 radical (unpaired) electrons. The number of carboxylic acids is 1. The second kappa shape index (κ2) is 9.83. The molecule has 3 aliphatic rings. The van der Waals surface area contributed by atoms with Gasteiger partial charge in [0.1, 0.15) is 11.2 Å². The third-order valence-electron chi connectivity index (χ3n) is 6.79. The Balaban J connectivity index is 1.17. The van der Waals surface area contributed by atoms with E-state index in [4.69, 9.17) is 9.47 Å². The topological polar surface area (TPSA) is 96.9 Å². The van der Waals surface area contributed by atoms with Gasteiger partial charge >= 0.3 is 5.97 Å². The van der Waals surface area contributed by atoms with Crippen LogP contribution in [-0.4, -0.2) is 42.5 Å². The van der Waals surface area contributed by atoms with Gasteiger partial charge in [0.25, 0.3) is 0 Å². The molecule has 8 heteroatoms. The number of thiophene rings is 1. The van der Waals surface area contributed by atoms with Gasteiger partial charge in [0.05, 0.1) is 18.3 Å². The van der Waals surface area contributed by atoms with Crippen LogP contribution in [0.3, 0.4) is 0 Å². The lowest BCUT2D eigenvalue weighted by Crippen LogP contribution is -2.37. The summed E-state index contributed by atoms with van der Waals surface area (Å²) in [5, 5.41) is 16.8. The van der Waals surface area contributed by atoms with Crippen LogP contribution in [0.4, 0.5) is 5.00 Å². The number of carbonyl (C=O) groups excluding carboxylic acids is 1. The molecule has 3 N–H and O–H groups in total. The van der Waals surface area contributed by atoms with Crippen molar-refractivity contribution in [2.75, 3.05) is 18.5 Å². The van der Waals surface area contributed by atoms with Crippen LogP contribution in [0.15, 0.2) is 24.3 Å². The van der Waals surface area contributed by atoms with E-state index >= 15 is 0 Å². The van der Waals surface area contributed by atoms with Gasteiger partial charge in [0, 0.05) is 30.9 Å². The van der Waals surface area contributed by atoms with Gasteiger partial charge in [0.15, 0.2) is 0 Å². The average Bonchev–Trinajstić information content (AvgIpc) is 3.38. The van der Waals surface area contributed by atoms with E-state index in [-0.39, 0.29) is 18.2 Å². The summed E-state index contributed by atoms with van der Waals surface area (Å²) in [4.78, 5) is 25.6. The molecule has 0 saturated carbocycles. The highest BCUT2D eigenvalue weighted by Crippen LogP contribution is 2.38. The van der Waals surface area contributed by atoms with Crippen molar-refractivity contribution >= 4 is 28.2 Å². The lowest BCUT2D eigenvalue weighted by atomic mass is 10.00. The zero-order valence-corrected chi connectivity index (χ0v) is 19.4. The predicted octanol–water partition coefficient (Wildman–Crippen LogP) is 3.75. The molecule has 1 aromatic heterocycles. The molecule has 1 aromatic carbocycles. The Morgan fingerprint density at radius 3 is 2.58 bits per heavy atom. The Morgan fingerprint density at radius 2 is 1.88 bits per heavy atom. The first kappa shape index (κ1) is 22.4. The van der Waals surface area contributed by atoms with E-state index in [9.17, 15) is 14.7 Å². The molecule has 1 amide bonds. The van der Waals surface area contributed by atoms with E-state index in [2.05, 4.69) is 34.9 Å². The van der Waals surface area contributed by atoms with Crippen LogP contribution in [0.2, 0.25) is 0 Å². The molecule has 2 aromatic rings. The first-order valence-electron chi connectivity index (χ1n) is 11.8. The summed E-state index contributed by atoms with van der Waals surface area (Å²) in [7, 11) is 0. The van der Waals surface area contributed by atoms with E-state index in [1.165, 1.54) is 22.5 Å². The zero-order chi connectivity index (χ0) is 22.8. The van der Waals surface area contributed by atoms with Crippen LogP contribution < -0.4 is 10.6 Å². The van der Waals surface area contributed by atoms with Crippen LogP contribution in [0, 0.1) is 5.92 Å². The van der Waals surface area contributed by atoms with Gasteiger partial charge < -0.3 is 25.2 Å². The van der Waals surface area contributed by atoms with Gasteiger partial charge in [-0.05, 0) is 54.7 Å². The number of amides is 1. The number of ether oxygens (including phenoxy) is 2. The summed E-state index contributed by atoms with van der Waals surface area (Å²) in [6.45, 7) is 1.45. The Hall–Kier alpha value is -2.42. The van der Waals surface area contributed by atoms with Crippen molar-refractivity contribution in [1.82, 2.24) is 5.32 Å². The lowest BCUT2D eigenvalue weighted by molar-refractivity contribution is -0.122. The third-order valence-corrected chi connectivity index (χ3v) is 7.93. The fourth-order valence-electron chi connectivity index (χ4n) is 5.14. The molecule has 1 fully saturated rings. The van der Waals surface area contributed by atoms with E-state index in [1.807, 2.05) is 0 Å². The van der Waals surface area contributed by atoms with Gasteiger partial charge in [-0.25, -0.2) is 4.79 Å². The van der Waals surface area contributed by atoms with E-state index < -0.39 is 5.97 Å². The Morgan fingerprint density at radius 1 is 1.09 bits per heavy atom. The highest BCUT2D eigenvalue weighted by atomic mass is 32.1. The number of aromatic carboxylic acids is 1. The summed E-state index contributed by atoms with van der Waals surface area (Å²) in [5.74, 6) is -0.563. The van der Waals surface area contributed by atoms with Gasteiger partial charge in [-0.1, -0.05) is 24.3 Å². The number of carbonyl (C=O) groups is 2. The van der Waals surface area contributed by atoms with E-state index in [1.54, 1.807) is 0 Å². The predicted molar refractivity (Wildman–Crippen MR) is 126 cm³/mol. The van der Waals surface area contributed by atoms with Crippen molar-refractivity contribution in [1.29, 1.82) is 0 Å². The number of carboxylic acid groups (broad SMARTS) is 1. The molecular weight excluding hydrogens is 440 g/mol. The van der Waals surface area contributed by atoms with E-state index in [0.717, 1.165) is 42.5 Å². The molecule has 2 aliphatic heterocycles. The minimum atomic E-state index is -0.934. The normalized spacial score (nSPS) is 22.4. The van der Waals surface area contributed by atoms with Gasteiger partial charge in [0.2, 0.25) is 5.91 Å². The second-order valence-corrected chi connectivity index (χ2v) is 10.3. The molecule has 0 bridgehead atoms. The number of rotatable bonds is 7.